The smallest absolute Gasteiger partial charge is 0.0641 e. The average molecular weight is 257 g/mol. The Bertz CT molecular complexity index is 557. The summed E-state index contributed by atoms with van der Waals surface area (Å²) in [6.07, 6.45) is 2.09. The molecular weight excluding hydrogens is 234 g/mol. The van der Waals surface area contributed by atoms with E-state index in [0.717, 1.165) is 5.69 Å². The lowest BCUT2D eigenvalue weighted by Gasteiger charge is -2.20. The van der Waals surface area contributed by atoms with Crippen LogP contribution in [0.3, 0.4) is 0 Å². The molecule has 1 aromatic heterocycles. The van der Waals surface area contributed by atoms with Crippen molar-refractivity contribution in [3.05, 3.63) is 52.8 Å². The van der Waals surface area contributed by atoms with Crippen LogP contribution in [-0.2, 0) is 7.05 Å². The van der Waals surface area contributed by atoms with Crippen LogP contribution in [0, 0.1) is 13.8 Å². The third-order valence-electron chi connectivity index (χ3n) is 3.56. The van der Waals surface area contributed by atoms with E-state index in [1.165, 1.54) is 16.7 Å². The maximum Gasteiger partial charge on any atom is 0.0641 e. The summed E-state index contributed by atoms with van der Waals surface area (Å²) in [7, 11) is 1.97. The van der Waals surface area contributed by atoms with Crippen LogP contribution in [0.25, 0.3) is 0 Å². The van der Waals surface area contributed by atoms with Crippen molar-refractivity contribution < 1.29 is 0 Å². The van der Waals surface area contributed by atoms with Gasteiger partial charge in [0.2, 0.25) is 0 Å². The van der Waals surface area contributed by atoms with Crippen molar-refractivity contribution in [3.63, 3.8) is 0 Å². The monoisotopic (exact) mass is 257 g/mol. The van der Waals surface area contributed by atoms with Gasteiger partial charge in [-0.05, 0) is 33.3 Å². The fraction of sp³-hybridized carbons (Fsp3) is 0.438. The van der Waals surface area contributed by atoms with Gasteiger partial charge >= 0.3 is 0 Å². The third-order valence-corrected chi connectivity index (χ3v) is 3.56. The first-order chi connectivity index (χ1) is 8.97. The first-order valence-corrected chi connectivity index (χ1v) is 6.80. The average Bonchev–Trinajstić information content (AvgIpc) is 2.68. The second-order valence-corrected chi connectivity index (χ2v) is 5.37. The first-order valence-electron chi connectivity index (χ1n) is 6.80. The van der Waals surface area contributed by atoms with Gasteiger partial charge in [-0.1, -0.05) is 29.8 Å². The number of rotatable bonds is 4. The van der Waals surface area contributed by atoms with Crippen molar-refractivity contribution in [1.82, 2.24) is 15.1 Å². The molecule has 0 radical (unpaired) electrons. The van der Waals surface area contributed by atoms with E-state index in [1.54, 1.807) is 0 Å². The molecule has 0 bridgehead atoms. The minimum absolute atomic E-state index is 0.296. The lowest BCUT2D eigenvalue weighted by Crippen LogP contribution is -2.22. The van der Waals surface area contributed by atoms with Gasteiger partial charge in [0, 0.05) is 30.9 Å². The number of benzene rings is 1. The second-order valence-electron chi connectivity index (χ2n) is 5.37. The molecule has 0 saturated heterocycles. The van der Waals surface area contributed by atoms with Gasteiger partial charge in [0.05, 0.1) is 5.69 Å². The van der Waals surface area contributed by atoms with Crippen LogP contribution in [0.4, 0.5) is 0 Å². The molecule has 1 aromatic carbocycles. The molecule has 1 unspecified atom stereocenters. The van der Waals surface area contributed by atoms with Crippen LogP contribution >= 0.6 is 0 Å². The Morgan fingerprint density at radius 1 is 1.16 bits per heavy atom. The Balaban J connectivity index is 2.10. The zero-order valence-electron chi connectivity index (χ0n) is 12.4. The number of hydrogen-bond donors (Lipinski definition) is 1. The van der Waals surface area contributed by atoms with Crippen molar-refractivity contribution >= 4 is 0 Å². The summed E-state index contributed by atoms with van der Waals surface area (Å²) >= 11 is 0. The highest BCUT2D eigenvalue weighted by molar-refractivity contribution is 5.26. The van der Waals surface area contributed by atoms with Crippen LogP contribution in [0.15, 0.2) is 30.5 Å². The van der Waals surface area contributed by atoms with Crippen LogP contribution < -0.4 is 5.32 Å². The molecule has 2 atom stereocenters. The quantitative estimate of drug-likeness (QED) is 0.909. The second kappa shape index (κ2) is 5.57. The fourth-order valence-corrected chi connectivity index (χ4v) is 2.54. The number of nitrogens with one attached hydrogen (secondary N) is 1. The zero-order valence-corrected chi connectivity index (χ0v) is 12.4. The number of nitrogens with zero attached hydrogens (tertiary/aromatic N) is 2. The summed E-state index contributed by atoms with van der Waals surface area (Å²) < 4.78 is 1.88. The Morgan fingerprint density at radius 3 is 2.47 bits per heavy atom. The molecule has 0 spiro atoms. The minimum Gasteiger partial charge on any atom is -0.304 e. The van der Waals surface area contributed by atoms with E-state index >= 15 is 0 Å². The van der Waals surface area contributed by atoms with Crippen molar-refractivity contribution in [2.24, 2.45) is 7.05 Å². The highest BCUT2D eigenvalue weighted by Gasteiger charge is 2.15. The van der Waals surface area contributed by atoms with Gasteiger partial charge in [-0.3, -0.25) is 4.68 Å². The van der Waals surface area contributed by atoms with Crippen molar-refractivity contribution in [2.75, 3.05) is 0 Å². The molecule has 1 N–H and O–H groups in total. The number of aryl methyl sites for hydroxylation is 3. The molecule has 0 aliphatic rings. The molecule has 0 fully saturated rings. The van der Waals surface area contributed by atoms with Gasteiger partial charge in [-0.25, -0.2) is 0 Å². The Morgan fingerprint density at radius 2 is 1.89 bits per heavy atom. The van der Waals surface area contributed by atoms with Gasteiger partial charge in [0.15, 0.2) is 0 Å². The molecule has 0 amide bonds. The van der Waals surface area contributed by atoms with E-state index in [-0.39, 0.29) is 0 Å². The number of hydrogen-bond acceptors (Lipinski definition) is 2. The Labute approximate surface area is 115 Å². The summed E-state index contributed by atoms with van der Waals surface area (Å²) in [4.78, 5) is 0. The molecule has 1 heterocycles. The SMILES string of the molecule is Cc1cccc([C@H](C)NC(C)c2cn(C)nc2C)c1. The highest BCUT2D eigenvalue weighted by Crippen LogP contribution is 2.21. The summed E-state index contributed by atoms with van der Waals surface area (Å²) in [6.45, 7) is 8.59. The molecule has 3 nitrogen and oxygen atoms in total. The topological polar surface area (TPSA) is 29.9 Å². The molecule has 2 rings (SSSR count). The third kappa shape index (κ3) is 3.24. The van der Waals surface area contributed by atoms with E-state index in [1.807, 2.05) is 11.7 Å². The Hall–Kier alpha value is -1.61. The molecule has 102 valence electrons. The normalized spacial score (nSPS) is 14.4. The lowest BCUT2D eigenvalue weighted by molar-refractivity contribution is 0.493. The molecule has 3 heteroatoms. The summed E-state index contributed by atoms with van der Waals surface area (Å²) in [5, 5.41) is 8.04. The Kier molecular flexibility index (Phi) is 4.05. The van der Waals surface area contributed by atoms with Crippen LogP contribution in [0.5, 0.6) is 0 Å². The van der Waals surface area contributed by atoms with Crippen molar-refractivity contribution in [2.45, 2.75) is 39.8 Å². The number of aromatic nitrogens is 2. The molecule has 19 heavy (non-hydrogen) atoms. The molecular formula is C16H23N3. The lowest BCUT2D eigenvalue weighted by atomic mass is 10.0. The molecule has 0 aliphatic heterocycles. The van der Waals surface area contributed by atoms with Gasteiger partial charge < -0.3 is 5.32 Å². The standard InChI is InChI=1S/C16H23N3/c1-11-7-6-8-15(9-11)12(2)17-13(3)16-10-19(5)18-14(16)4/h6-10,12-13,17H,1-5H3/t12-,13?/m0/s1. The summed E-state index contributed by atoms with van der Waals surface area (Å²) in [5.41, 5.74) is 4.99. The maximum absolute atomic E-state index is 4.40. The summed E-state index contributed by atoms with van der Waals surface area (Å²) in [5.74, 6) is 0. The van der Waals surface area contributed by atoms with E-state index in [2.05, 4.69) is 68.6 Å². The fourth-order valence-electron chi connectivity index (χ4n) is 2.54. The molecule has 2 aromatic rings. The largest absolute Gasteiger partial charge is 0.304 e. The van der Waals surface area contributed by atoms with E-state index in [0.29, 0.717) is 12.1 Å². The van der Waals surface area contributed by atoms with E-state index in [4.69, 9.17) is 0 Å². The van der Waals surface area contributed by atoms with Crippen LogP contribution in [-0.4, -0.2) is 9.78 Å². The van der Waals surface area contributed by atoms with E-state index in [9.17, 15) is 0 Å². The minimum atomic E-state index is 0.296. The predicted molar refractivity (Wildman–Crippen MR) is 79.1 cm³/mol. The zero-order chi connectivity index (χ0) is 14.0. The van der Waals surface area contributed by atoms with Crippen LogP contribution in [0.2, 0.25) is 0 Å². The first kappa shape index (κ1) is 13.8. The van der Waals surface area contributed by atoms with Crippen LogP contribution in [0.1, 0.15) is 48.3 Å². The van der Waals surface area contributed by atoms with Gasteiger partial charge in [0.1, 0.15) is 0 Å². The maximum atomic E-state index is 4.40. The van der Waals surface area contributed by atoms with Gasteiger partial charge in [0.25, 0.3) is 0 Å². The molecule has 0 aliphatic carbocycles. The van der Waals surface area contributed by atoms with Crippen molar-refractivity contribution in [3.8, 4) is 0 Å². The predicted octanol–water partition coefficient (Wildman–Crippen LogP) is 3.45. The highest BCUT2D eigenvalue weighted by atomic mass is 15.3. The van der Waals surface area contributed by atoms with E-state index < -0.39 is 0 Å². The molecule has 0 saturated carbocycles. The van der Waals surface area contributed by atoms with Gasteiger partial charge in [-0.2, -0.15) is 5.10 Å². The van der Waals surface area contributed by atoms with Gasteiger partial charge in [-0.15, -0.1) is 0 Å². The van der Waals surface area contributed by atoms with Crippen molar-refractivity contribution in [1.29, 1.82) is 0 Å². The summed E-state index contributed by atoms with van der Waals surface area (Å²) in [6, 6.07) is 9.28.